The molecule has 1 heterocycles. The minimum Gasteiger partial charge on any atom is -0.280 e. The number of carbonyl (C=O) groups excluding carboxylic acids is 1. The van der Waals surface area contributed by atoms with Gasteiger partial charge in [0.05, 0.1) is 4.90 Å². The first-order chi connectivity index (χ1) is 10.4. The highest BCUT2D eigenvalue weighted by Crippen LogP contribution is 2.36. The maximum Gasteiger partial charge on any atom is 0.254 e. The number of sulfone groups is 1. The molecular weight excluding hydrogens is 346 g/mol. The summed E-state index contributed by atoms with van der Waals surface area (Å²) < 4.78 is 25.0. The molecule has 1 aliphatic carbocycles. The van der Waals surface area contributed by atoms with E-state index in [4.69, 9.17) is 11.6 Å². The van der Waals surface area contributed by atoms with E-state index < -0.39 is 15.7 Å². The minimum atomic E-state index is -3.69. The van der Waals surface area contributed by atoms with Gasteiger partial charge in [-0.3, -0.25) is 10.0 Å². The number of amides is 1. The number of hydrogen-bond donors (Lipinski definition) is 1. The zero-order valence-corrected chi connectivity index (χ0v) is 13.7. The first-order valence-corrected chi connectivity index (χ1v) is 9.20. The van der Waals surface area contributed by atoms with E-state index in [1.807, 2.05) is 0 Å². The van der Waals surface area contributed by atoms with Crippen LogP contribution < -0.4 is 5.06 Å². The quantitative estimate of drug-likeness (QED) is 0.672. The smallest absolute Gasteiger partial charge is 0.254 e. The number of anilines is 1. The Hall–Kier alpha value is -1.41. The fourth-order valence-electron chi connectivity index (χ4n) is 1.91. The molecule has 0 aliphatic heterocycles. The first kappa shape index (κ1) is 15.5. The fourth-order valence-corrected chi connectivity index (χ4v) is 4.65. The molecule has 8 heteroatoms. The van der Waals surface area contributed by atoms with Gasteiger partial charge in [-0.25, -0.2) is 8.42 Å². The van der Waals surface area contributed by atoms with Gasteiger partial charge in [-0.1, -0.05) is 11.6 Å². The number of halogens is 1. The molecule has 0 spiro atoms. The summed E-state index contributed by atoms with van der Waals surface area (Å²) in [6.07, 6.45) is 1.52. The molecule has 2 aromatic rings. The van der Waals surface area contributed by atoms with Crippen molar-refractivity contribution in [3.05, 3.63) is 41.4 Å². The molecule has 0 unspecified atom stereocenters. The van der Waals surface area contributed by atoms with Crippen molar-refractivity contribution in [1.82, 2.24) is 0 Å². The van der Waals surface area contributed by atoms with Crippen LogP contribution in [0.1, 0.15) is 12.8 Å². The van der Waals surface area contributed by atoms with Crippen molar-refractivity contribution in [2.75, 3.05) is 5.06 Å². The predicted octanol–water partition coefficient (Wildman–Crippen LogP) is 3.37. The second kappa shape index (κ2) is 5.66. The Morgan fingerprint density at radius 2 is 1.82 bits per heavy atom. The van der Waals surface area contributed by atoms with Gasteiger partial charge in [0.2, 0.25) is 9.84 Å². The highest BCUT2D eigenvalue weighted by Gasteiger charge is 2.34. The van der Waals surface area contributed by atoms with Crippen LogP contribution in [0.5, 0.6) is 0 Å². The Morgan fingerprint density at radius 1 is 1.18 bits per heavy atom. The summed E-state index contributed by atoms with van der Waals surface area (Å²) in [4.78, 5) is 11.9. The number of benzene rings is 1. The lowest BCUT2D eigenvalue weighted by atomic mass is 10.4. The topological polar surface area (TPSA) is 74.7 Å². The molecular formula is C14H12ClNO4S2. The van der Waals surface area contributed by atoms with Crippen LogP contribution in [0.3, 0.4) is 0 Å². The third-order valence-electron chi connectivity index (χ3n) is 3.30. The van der Waals surface area contributed by atoms with Crippen LogP contribution in [0.25, 0.3) is 0 Å². The highest BCUT2D eigenvalue weighted by atomic mass is 35.5. The molecule has 0 bridgehead atoms. The van der Waals surface area contributed by atoms with Crippen molar-refractivity contribution >= 4 is 43.7 Å². The predicted molar refractivity (Wildman–Crippen MR) is 83.2 cm³/mol. The summed E-state index contributed by atoms with van der Waals surface area (Å²) in [6, 6.07) is 8.64. The van der Waals surface area contributed by atoms with E-state index in [2.05, 4.69) is 0 Å². The summed E-state index contributed by atoms with van der Waals surface area (Å²) in [5, 5.41) is 11.1. The van der Waals surface area contributed by atoms with Gasteiger partial charge in [0.1, 0.15) is 9.21 Å². The lowest BCUT2D eigenvalue weighted by molar-refractivity contribution is -0.124. The van der Waals surface area contributed by atoms with Crippen molar-refractivity contribution in [1.29, 1.82) is 0 Å². The Labute approximate surface area is 136 Å². The third kappa shape index (κ3) is 2.89. The molecule has 1 fully saturated rings. The van der Waals surface area contributed by atoms with Crippen LogP contribution in [0.2, 0.25) is 5.02 Å². The van der Waals surface area contributed by atoms with Crippen molar-refractivity contribution < 1.29 is 18.4 Å². The van der Waals surface area contributed by atoms with Crippen LogP contribution in [0.4, 0.5) is 5.00 Å². The van der Waals surface area contributed by atoms with Crippen LogP contribution in [0, 0.1) is 5.92 Å². The van der Waals surface area contributed by atoms with E-state index in [1.54, 1.807) is 0 Å². The van der Waals surface area contributed by atoms with Gasteiger partial charge in [-0.2, -0.15) is 5.06 Å². The number of hydroxylamine groups is 1. The number of carbonyl (C=O) groups is 1. The third-order valence-corrected chi connectivity index (χ3v) is 6.87. The van der Waals surface area contributed by atoms with Crippen LogP contribution in [-0.4, -0.2) is 19.5 Å². The fraction of sp³-hybridized carbons (Fsp3) is 0.214. The molecule has 1 amide bonds. The maximum atomic E-state index is 12.5. The van der Waals surface area contributed by atoms with Gasteiger partial charge in [-0.15, -0.1) is 11.3 Å². The molecule has 22 heavy (non-hydrogen) atoms. The molecule has 1 aromatic heterocycles. The monoisotopic (exact) mass is 357 g/mol. The standard InChI is InChI=1S/C14H12ClNO4S2/c15-10-3-5-11(6-4-10)22(19,20)13-8-7-12(21-13)16(18)14(17)9-1-2-9/h3-9,18H,1-2H2. The molecule has 0 saturated heterocycles. The summed E-state index contributed by atoms with van der Waals surface area (Å²) in [6.45, 7) is 0. The van der Waals surface area contributed by atoms with Crippen molar-refractivity contribution in [3.63, 3.8) is 0 Å². The molecule has 1 aromatic carbocycles. The van der Waals surface area contributed by atoms with Crippen LogP contribution in [0.15, 0.2) is 45.5 Å². The average molecular weight is 358 g/mol. The molecule has 0 radical (unpaired) electrons. The maximum absolute atomic E-state index is 12.5. The van der Waals surface area contributed by atoms with E-state index in [0.717, 1.165) is 24.2 Å². The number of hydrogen-bond acceptors (Lipinski definition) is 5. The van der Waals surface area contributed by atoms with Crippen molar-refractivity contribution in [3.8, 4) is 0 Å². The van der Waals surface area contributed by atoms with E-state index in [9.17, 15) is 18.4 Å². The number of rotatable bonds is 4. The zero-order valence-electron chi connectivity index (χ0n) is 11.3. The van der Waals surface area contributed by atoms with Crippen molar-refractivity contribution in [2.45, 2.75) is 21.9 Å². The first-order valence-electron chi connectivity index (χ1n) is 6.53. The molecule has 0 atom stereocenters. The molecule has 1 saturated carbocycles. The highest BCUT2D eigenvalue weighted by molar-refractivity contribution is 7.93. The Balaban J connectivity index is 1.89. The van der Waals surface area contributed by atoms with Gasteiger partial charge in [0, 0.05) is 10.9 Å². The van der Waals surface area contributed by atoms with Crippen LogP contribution >= 0.6 is 22.9 Å². The Bertz CT molecular complexity index is 810. The molecule has 3 rings (SSSR count). The average Bonchev–Trinajstić information content (AvgIpc) is 3.22. The summed E-state index contributed by atoms with van der Waals surface area (Å²) in [5.74, 6) is -0.541. The molecule has 116 valence electrons. The van der Waals surface area contributed by atoms with E-state index in [1.165, 1.54) is 36.4 Å². The Morgan fingerprint density at radius 3 is 2.41 bits per heavy atom. The lowest BCUT2D eigenvalue weighted by Crippen LogP contribution is -2.27. The number of thiophene rings is 1. The van der Waals surface area contributed by atoms with Gasteiger partial charge >= 0.3 is 0 Å². The molecule has 5 nitrogen and oxygen atoms in total. The summed E-state index contributed by atoms with van der Waals surface area (Å²) >= 11 is 6.61. The van der Waals surface area contributed by atoms with Gasteiger partial charge < -0.3 is 0 Å². The lowest BCUT2D eigenvalue weighted by Gasteiger charge is -2.11. The van der Waals surface area contributed by atoms with Gasteiger partial charge in [0.15, 0.2) is 0 Å². The molecule has 1 aliphatic rings. The van der Waals surface area contributed by atoms with Gasteiger partial charge in [0.25, 0.3) is 5.91 Å². The number of nitrogens with zero attached hydrogens (tertiary/aromatic N) is 1. The van der Waals surface area contributed by atoms with E-state index in [0.29, 0.717) is 10.1 Å². The molecule has 1 N–H and O–H groups in total. The van der Waals surface area contributed by atoms with E-state index in [-0.39, 0.29) is 20.0 Å². The summed E-state index contributed by atoms with van der Waals surface area (Å²) in [5.41, 5.74) is 0. The largest absolute Gasteiger partial charge is 0.280 e. The normalized spacial score (nSPS) is 14.8. The van der Waals surface area contributed by atoms with E-state index >= 15 is 0 Å². The summed E-state index contributed by atoms with van der Waals surface area (Å²) in [7, 11) is -3.69. The second-order valence-electron chi connectivity index (χ2n) is 4.97. The van der Waals surface area contributed by atoms with Crippen molar-refractivity contribution in [2.24, 2.45) is 5.92 Å². The minimum absolute atomic E-state index is 0.0625. The Kier molecular flexibility index (Phi) is 3.98. The SMILES string of the molecule is O=C(C1CC1)N(O)c1ccc(S(=O)(=O)c2ccc(Cl)cc2)s1. The zero-order chi connectivity index (χ0) is 15.9. The second-order valence-corrected chi connectivity index (χ2v) is 8.65. The van der Waals surface area contributed by atoms with Gasteiger partial charge in [-0.05, 0) is 49.2 Å². The van der Waals surface area contributed by atoms with Crippen LogP contribution in [-0.2, 0) is 14.6 Å².